The molecule has 0 amide bonds. The van der Waals surface area contributed by atoms with E-state index in [1.165, 1.54) is 0 Å². The highest BCUT2D eigenvalue weighted by Crippen LogP contribution is 1.95. The summed E-state index contributed by atoms with van der Waals surface area (Å²) in [4.78, 5) is 8.33. The van der Waals surface area contributed by atoms with E-state index in [1.54, 1.807) is 18.7 Å². The predicted octanol–water partition coefficient (Wildman–Crippen LogP) is 1.19. The topological polar surface area (TPSA) is 112 Å². The van der Waals surface area contributed by atoms with Crippen LogP contribution in [0.25, 0.3) is 10.4 Å². The second-order valence-electron chi connectivity index (χ2n) is 1.34. The molecule has 0 fully saturated rings. The molecule has 0 saturated carbocycles. The van der Waals surface area contributed by atoms with Gasteiger partial charge in [0.2, 0.25) is 0 Å². The molecule has 0 radical (unpaired) electrons. The van der Waals surface area contributed by atoms with E-state index in [9.17, 15) is 8.42 Å². The minimum absolute atomic E-state index is 1.62. The Morgan fingerprint density at radius 1 is 1.67 bits per heavy atom. The summed E-state index contributed by atoms with van der Waals surface area (Å²) in [7, 11) is 0.391. The van der Waals surface area contributed by atoms with E-state index in [1.807, 2.05) is 4.91 Å². The monoisotopic (exact) mass is 209 g/mol. The molecule has 1 heterocycles. The van der Waals surface area contributed by atoms with Crippen LogP contribution in [0.2, 0.25) is 0 Å². The second kappa shape index (κ2) is 5.42. The summed E-state index contributed by atoms with van der Waals surface area (Å²) >= 11 is 0. The SMILES string of the molecule is [N-]=[N+]=NS(=O)(=O)Cl.c1c[nH]cn1. The first-order valence-electron chi connectivity index (χ1n) is 2.50. The molecule has 0 atom stereocenters. The lowest BCUT2D eigenvalue weighted by Crippen LogP contribution is -1.74. The first kappa shape index (κ1) is 10.8. The standard InChI is InChI=1S/C3H4N2.ClN3O2S/c1-2-5-3-4-1;1-7(5,6)4-3-2/h1-3H,(H,4,5);. The molecule has 66 valence electrons. The van der Waals surface area contributed by atoms with Crippen LogP contribution in [0.15, 0.2) is 23.2 Å². The van der Waals surface area contributed by atoms with Crippen molar-refractivity contribution in [3.8, 4) is 0 Å². The molecule has 1 aromatic rings. The van der Waals surface area contributed by atoms with Crippen molar-refractivity contribution in [2.24, 2.45) is 4.52 Å². The molecular weight excluding hydrogens is 206 g/mol. The molecule has 1 aromatic heterocycles. The van der Waals surface area contributed by atoms with E-state index in [0.717, 1.165) is 0 Å². The zero-order chi connectivity index (χ0) is 9.45. The minimum Gasteiger partial charge on any atom is -0.351 e. The van der Waals surface area contributed by atoms with Crippen LogP contribution in [0.4, 0.5) is 0 Å². The normalized spacial score (nSPS) is 9.08. The Hall–Kier alpha value is -1.24. The maximum Gasteiger partial charge on any atom is 0.320 e. The smallest absolute Gasteiger partial charge is 0.320 e. The fraction of sp³-hybridized carbons (Fsp3) is 0. The van der Waals surface area contributed by atoms with Crippen molar-refractivity contribution in [3.05, 3.63) is 29.2 Å². The Morgan fingerprint density at radius 2 is 2.33 bits per heavy atom. The predicted molar refractivity (Wildman–Crippen MR) is 42.5 cm³/mol. The van der Waals surface area contributed by atoms with Crippen molar-refractivity contribution in [1.82, 2.24) is 9.97 Å². The van der Waals surface area contributed by atoms with Crippen LogP contribution >= 0.6 is 10.7 Å². The molecule has 1 rings (SSSR count). The molecule has 0 aliphatic carbocycles. The highest BCUT2D eigenvalue weighted by molar-refractivity contribution is 8.12. The summed E-state index contributed by atoms with van der Waals surface area (Å²) in [5.74, 6) is 0. The quantitative estimate of drug-likeness (QED) is 0.324. The van der Waals surface area contributed by atoms with E-state index >= 15 is 0 Å². The average Bonchev–Trinajstić information content (AvgIpc) is 2.38. The summed E-state index contributed by atoms with van der Waals surface area (Å²) < 4.78 is 21.3. The molecule has 0 bridgehead atoms. The van der Waals surface area contributed by atoms with Crippen molar-refractivity contribution < 1.29 is 8.42 Å². The third-order valence-corrected chi connectivity index (χ3v) is 0.993. The van der Waals surface area contributed by atoms with Crippen LogP contribution in [0.5, 0.6) is 0 Å². The maximum atomic E-state index is 9.58. The summed E-state index contributed by atoms with van der Waals surface area (Å²) in [6.07, 6.45) is 5.08. The summed E-state index contributed by atoms with van der Waals surface area (Å²) in [5.41, 5.74) is 7.40. The minimum atomic E-state index is -3.99. The van der Waals surface area contributed by atoms with Crippen molar-refractivity contribution >= 4 is 19.9 Å². The lowest BCUT2D eigenvalue weighted by molar-refractivity contribution is 0.611. The zero-order valence-electron chi connectivity index (χ0n) is 5.62. The number of aromatic nitrogens is 2. The summed E-state index contributed by atoms with van der Waals surface area (Å²) in [5, 5.41) is 0. The molecule has 1 N–H and O–H groups in total. The van der Waals surface area contributed by atoms with E-state index < -0.39 is 9.24 Å². The van der Waals surface area contributed by atoms with Gasteiger partial charge in [0.25, 0.3) is 0 Å². The molecule has 9 heteroatoms. The van der Waals surface area contributed by atoms with Crippen LogP contribution in [-0.4, -0.2) is 18.4 Å². The van der Waals surface area contributed by atoms with Gasteiger partial charge in [0.15, 0.2) is 0 Å². The highest BCUT2D eigenvalue weighted by atomic mass is 35.7. The number of imidazole rings is 1. The van der Waals surface area contributed by atoms with Crippen molar-refractivity contribution in [2.45, 2.75) is 0 Å². The molecular formula is C3H4ClN5O2S. The van der Waals surface area contributed by atoms with E-state index in [-0.39, 0.29) is 0 Å². The molecule has 12 heavy (non-hydrogen) atoms. The number of hydrogen-bond acceptors (Lipinski definition) is 3. The van der Waals surface area contributed by atoms with Gasteiger partial charge in [0.1, 0.15) is 0 Å². The van der Waals surface area contributed by atoms with Gasteiger partial charge in [-0.2, -0.15) is 0 Å². The number of nitrogens with zero attached hydrogens (tertiary/aromatic N) is 4. The van der Waals surface area contributed by atoms with Crippen LogP contribution in [0.1, 0.15) is 0 Å². The number of rotatable bonds is 1. The van der Waals surface area contributed by atoms with Gasteiger partial charge >= 0.3 is 9.24 Å². The molecule has 0 spiro atoms. The Kier molecular flexibility index (Phi) is 4.86. The third kappa shape index (κ3) is 8.76. The van der Waals surface area contributed by atoms with E-state index in [4.69, 9.17) is 5.53 Å². The molecule has 0 saturated heterocycles. The Bertz CT molecular complexity index is 322. The van der Waals surface area contributed by atoms with Crippen LogP contribution in [0, 0.1) is 0 Å². The fourth-order valence-electron chi connectivity index (χ4n) is 0.259. The van der Waals surface area contributed by atoms with Crippen molar-refractivity contribution in [1.29, 1.82) is 0 Å². The van der Waals surface area contributed by atoms with Gasteiger partial charge < -0.3 is 4.98 Å². The summed E-state index contributed by atoms with van der Waals surface area (Å²) in [6.45, 7) is 0. The number of halogens is 1. The van der Waals surface area contributed by atoms with E-state index in [0.29, 0.717) is 0 Å². The lowest BCUT2D eigenvalue weighted by Gasteiger charge is -1.68. The van der Waals surface area contributed by atoms with Gasteiger partial charge in [-0.25, -0.2) is 13.4 Å². The van der Waals surface area contributed by atoms with Crippen molar-refractivity contribution in [2.75, 3.05) is 0 Å². The average molecular weight is 210 g/mol. The number of hydrogen-bond donors (Lipinski definition) is 1. The molecule has 0 aliphatic rings. The first-order chi connectivity index (χ1) is 5.56. The van der Waals surface area contributed by atoms with Crippen LogP contribution < -0.4 is 0 Å². The zero-order valence-corrected chi connectivity index (χ0v) is 7.20. The third-order valence-electron chi connectivity index (χ3n) is 0.540. The molecule has 0 aliphatic heterocycles. The lowest BCUT2D eigenvalue weighted by atomic mass is 11.0. The van der Waals surface area contributed by atoms with E-state index in [2.05, 4.69) is 25.2 Å². The maximum absolute atomic E-state index is 9.58. The second-order valence-corrected chi connectivity index (χ2v) is 3.50. The van der Waals surface area contributed by atoms with Gasteiger partial charge in [-0.15, -0.1) is 0 Å². The largest absolute Gasteiger partial charge is 0.351 e. The van der Waals surface area contributed by atoms with Crippen LogP contribution in [-0.2, 0) is 9.24 Å². The number of aromatic amines is 1. The van der Waals surface area contributed by atoms with Gasteiger partial charge in [0.05, 0.1) is 6.33 Å². The van der Waals surface area contributed by atoms with Gasteiger partial charge in [-0.3, -0.25) is 0 Å². The molecule has 0 aromatic carbocycles. The van der Waals surface area contributed by atoms with Crippen LogP contribution in [0.3, 0.4) is 0 Å². The number of H-pyrrole nitrogens is 1. The van der Waals surface area contributed by atoms with Gasteiger partial charge in [-0.1, -0.05) is 0 Å². The molecule has 7 nitrogen and oxygen atoms in total. The fourth-order valence-corrected chi connectivity index (χ4v) is 0.429. The Labute approximate surface area is 72.6 Å². The highest BCUT2D eigenvalue weighted by Gasteiger charge is 1.94. The number of nitrogens with one attached hydrogen (secondary N) is 1. The summed E-state index contributed by atoms with van der Waals surface area (Å²) in [6, 6.07) is 0. The molecule has 0 unspecified atom stereocenters. The van der Waals surface area contributed by atoms with Gasteiger partial charge in [0, 0.05) is 32.5 Å². The van der Waals surface area contributed by atoms with Gasteiger partial charge in [-0.05, 0) is 5.53 Å². The Balaban J connectivity index is 0.000000211. The number of azide groups is 1. The first-order valence-corrected chi connectivity index (χ1v) is 4.76. The van der Waals surface area contributed by atoms with Crippen molar-refractivity contribution in [3.63, 3.8) is 0 Å². The Morgan fingerprint density at radius 3 is 2.42 bits per heavy atom.